The Hall–Kier alpha value is -1.20. The normalized spacial score (nSPS) is 10.6. The van der Waals surface area contributed by atoms with Crippen molar-refractivity contribution in [3.05, 3.63) is 40.6 Å². The molecule has 2 rings (SSSR count). The second-order valence-electron chi connectivity index (χ2n) is 2.92. The first kappa shape index (κ1) is 10.3. The minimum Gasteiger partial charge on any atom is -0.439 e. The second kappa shape index (κ2) is 4.12. The Balaban J connectivity index is 2.49. The van der Waals surface area contributed by atoms with Gasteiger partial charge in [0.15, 0.2) is 5.76 Å². The molecule has 0 amide bonds. The number of nitrogens with two attached hydrogens (primary N) is 1. The Labute approximate surface area is 94.2 Å². The van der Waals surface area contributed by atoms with Crippen molar-refractivity contribution in [2.75, 3.05) is 0 Å². The molecule has 0 aliphatic carbocycles. The predicted octanol–water partition coefficient (Wildman–Crippen LogP) is 2.70. The van der Waals surface area contributed by atoms with Crippen LogP contribution in [0.5, 0.6) is 0 Å². The van der Waals surface area contributed by atoms with Crippen molar-refractivity contribution >= 4 is 15.9 Å². The zero-order valence-electron chi connectivity index (χ0n) is 7.71. The van der Waals surface area contributed by atoms with Gasteiger partial charge in [-0.25, -0.2) is 9.37 Å². The molecule has 0 radical (unpaired) electrons. The van der Waals surface area contributed by atoms with Gasteiger partial charge in [-0.15, -0.1) is 0 Å². The lowest BCUT2D eigenvalue weighted by Crippen LogP contribution is -1.94. The van der Waals surface area contributed by atoms with Crippen molar-refractivity contribution in [1.29, 1.82) is 0 Å². The van der Waals surface area contributed by atoms with Crippen LogP contribution in [0.15, 0.2) is 33.3 Å². The van der Waals surface area contributed by atoms with Gasteiger partial charge in [-0.3, -0.25) is 0 Å². The van der Waals surface area contributed by atoms with E-state index in [1.807, 2.05) is 0 Å². The number of nitrogens with zero attached hydrogens (tertiary/aromatic N) is 1. The molecule has 0 fully saturated rings. The lowest BCUT2D eigenvalue weighted by Gasteiger charge is -2.00. The summed E-state index contributed by atoms with van der Waals surface area (Å²) >= 11 is 3.15. The second-order valence-corrected chi connectivity index (χ2v) is 3.72. The lowest BCUT2D eigenvalue weighted by atomic mass is 10.2. The van der Waals surface area contributed by atoms with Gasteiger partial charge in [0.25, 0.3) is 0 Å². The third kappa shape index (κ3) is 1.93. The van der Waals surface area contributed by atoms with Crippen LogP contribution in [0.1, 0.15) is 5.89 Å². The topological polar surface area (TPSA) is 52.0 Å². The Morgan fingerprint density at radius 1 is 1.47 bits per heavy atom. The van der Waals surface area contributed by atoms with E-state index >= 15 is 0 Å². The molecule has 0 saturated carbocycles. The summed E-state index contributed by atoms with van der Waals surface area (Å²) < 4.78 is 18.9. The highest BCUT2D eigenvalue weighted by Gasteiger charge is 2.11. The monoisotopic (exact) mass is 270 g/mol. The Morgan fingerprint density at radius 2 is 2.27 bits per heavy atom. The zero-order valence-corrected chi connectivity index (χ0v) is 9.29. The quantitative estimate of drug-likeness (QED) is 0.913. The summed E-state index contributed by atoms with van der Waals surface area (Å²) in [7, 11) is 0. The molecule has 0 atom stereocenters. The third-order valence-corrected chi connectivity index (χ3v) is 2.75. The average molecular weight is 271 g/mol. The Kier molecular flexibility index (Phi) is 2.83. The van der Waals surface area contributed by atoms with Gasteiger partial charge in [0.05, 0.1) is 17.2 Å². The molecular weight excluding hydrogens is 263 g/mol. The molecule has 15 heavy (non-hydrogen) atoms. The van der Waals surface area contributed by atoms with Crippen LogP contribution in [0, 0.1) is 5.82 Å². The molecule has 0 aliphatic rings. The number of halogens is 2. The van der Waals surface area contributed by atoms with Crippen molar-refractivity contribution in [3.8, 4) is 11.3 Å². The highest BCUT2D eigenvalue weighted by atomic mass is 79.9. The van der Waals surface area contributed by atoms with Gasteiger partial charge in [0.1, 0.15) is 5.82 Å². The smallest absolute Gasteiger partial charge is 0.208 e. The van der Waals surface area contributed by atoms with E-state index in [9.17, 15) is 4.39 Å². The average Bonchev–Trinajstić information content (AvgIpc) is 2.70. The van der Waals surface area contributed by atoms with Gasteiger partial charge in [0, 0.05) is 5.56 Å². The highest BCUT2D eigenvalue weighted by Crippen LogP contribution is 2.30. The standard InChI is InChI=1S/C10H8BrFN2O/c11-10-6(2-1-3-7(10)12)8-5-14-9(4-13)15-8/h1-3,5H,4,13H2. The maximum Gasteiger partial charge on any atom is 0.208 e. The van der Waals surface area contributed by atoms with Crippen LogP contribution in [-0.2, 0) is 6.54 Å². The van der Waals surface area contributed by atoms with Gasteiger partial charge in [-0.05, 0) is 28.1 Å². The first-order chi connectivity index (χ1) is 7.22. The van der Waals surface area contributed by atoms with Crippen molar-refractivity contribution in [3.63, 3.8) is 0 Å². The van der Waals surface area contributed by atoms with Crippen LogP contribution in [-0.4, -0.2) is 4.98 Å². The lowest BCUT2D eigenvalue weighted by molar-refractivity contribution is 0.508. The number of rotatable bonds is 2. The molecule has 5 heteroatoms. The fraction of sp³-hybridized carbons (Fsp3) is 0.100. The molecule has 1 aromatic carbocycles. The van der Waals surface area contributed by atoms with Crippen LogP contribution in [0.3, 0.4) is 0 Å². The molecule has 0 aliphatic heterocycles. The Bertz CT molecular complexity index is 484. The van der Waals surface area contributed by atoms with Crippen LogP contribution in [0.25, 0.3) is 11.3 Å². The molecule has 0 spiro atoms. The van der Waals surface area contributed by atoms with E-state index in [1.165, 1.54) is 12.3 Å². The molecule has 2 N–H and O–H groups in total. The van der Waals surface area contributed by atoms with E-state index in [4.69, 9.17) is 10.2 Å². The molecule has 0 saturated heterocycles. The summed E-state index contributed by atoms with van der Waals surface area (Å²) in [5, 5.41) is 0. The van der Waals surface area contributed by atoms with E-state index in [2.05, 4.69) is 20.9 Å². The van der Waals surface area contributed by atoms with E-state index in [-0.39, 0.29) is 12.4 Å². The van der Waals surface area contributed by atoms with Crippen LogP contribution in [0.4, 0.5) is 4.39 Å². The fourth-order valence-corrected chi connectivity index (χ4v) is 1.68. The molecule has 1 aromatic heterocycles. The maximum atomic E-state index is 13.2. The van der Waals surface area contributed by atoms with E-state index in [0.717, 1.165) is 0 Å². The van der Waals surface area contributed by atoms with Crippen LogP contribution < -0.4 is 5.73 Å². The molecule has 3 nitrogen and oxygen atoms in total. The maximum absolute atomic E-state index is 13.2. The molecule has 2 aromatic rings. The summed E-state index contributed by atoms with van der Waals surface area (Å²) in [6.07, 6.45) is 1.53. The first-order valence-electron chi connectivity index (χ1n) is 4.31. The number of benzene rings is 1. The van der Waals surface area contributed by atoms with Crippen molar-refractivity contribution in [1.82, 2.24) is 4.98 Å². The number of hydrogen-bond acceptors (Lipinski definition) is 3. The molecule has 78 valence electrons. The SMILES string of the molecule is NCc1ncc(-c2cccc(F)c2Br)o1. The summed E-state index contributed by atoms with van der Waals surface area (Å²) in [6.45, 7) is 0.229. The molecule has 1 heterocycles. The fourth-order valence-electron chi connectivity index (χ4n) is 1.22. The van der Waals surface area contributed by atoms with Gasteiger partial charge in [-0.2, -0.15) is 0 Å². The molecule has 0 unspecified atom stereocenters. The van der Waals surface area contributed by atoms with Crippen LogP contribution >= 0.6 is 15.9 Å². The molecule has 0 bridgehead atoms. The number of aromatic nitrogens is 1. The van der Waals surface area contributed by atoms with Crippen molar-refractivity contribution < 1.29 is 8.81 Å². The summed E-state index contributed by atoms with van der Waals surface area (Å²) in [6, 6.07) is 4.72. The van der Waals surface area contributed by atoms with E-state index in [0.29, 0.717) is 21.7 Å². The van der Waals surface area contributed by atoms with Gasteiger partial charge in [-0.1, -0.05) is 6.07 Å². The minimum atomic E-state index is -0.335. The van der Waals surface area contributed by atoms with E-state index < -0.39 is 0 Å². The summed E-state index contributed by atoms with van der Waals surface area (Å²) in [5.74, 6) is 0.598. The first-order valence-corrected chi connectivity index (χ1v) is 5.11. The number of oxazole rings is 1. The van der Waals surface area contributed by atoms with E-state index in [1.54, 1.807) is 12.1 Å². The van der Waals surface area contributed by atoms with Gasteiger partial charge >= 0.3 is 0 Å². The largest absolute Gasteiger partial charge is 0.439 e. The van der Waals surface area contributed by atoms with Crippen molar-refractivity contribution in [2.24, 2.45) is 5.73 Å². The Morgan fingerprint density at radius 3 is 2.93 bits per heavy atom. The minimum absolute atomic E-state index is 0.229. The van der Waals surface area contributed by atoms with Crippen molar-refractivity contribution in [2.45, 2.75) is 6.54 Å². The third-order valence-electron chi connectivity index (χ3n) is 1.95. The van der Waals surface area contributed by atoms with Gasteiger partial charge < -0.3 is 10.2 Å². The zero-order chi connectivity index (χ0) is 10.8. The molecular formula is C10H8BrFN2O. The number of hydrogen-bond donors (Lipinski definition) is 1. The highest BCUT2D eigenvalue weighted by molar-refractivity contribution is 9.10. The summed E-state index contributed by atoms with van der Waals surface area (Å²) in [4.78, 5) is 3.95. The van der Waals surface area contributed by atoms with Gasteiger partial charge in [0.2, 0.25) is 5.89 Å². The predicted molar refractivity (Wildman–Crippen MR) is 57.5 cm³/mol. The van der Waals surface area contributed by atoms with Crippen LogP contribution in [0.2, 0.25) is 0 Å². The summed E-state index contributed by atoms with van der Waals surface area (Å²) in [5.41, 5.74) is 5.99.